The van der Waals surface area contributed by atoms with E-state index >= 15 is 0 Å². The maximum Gasteiger partial charge on any atom is 0.225 e. The molecule has 24 heavy (non-hydrogen) atoms. The van der Waals surface area contributed by atoms with E-state index in [-0.39, 0.29) is 11.8 Å². The highest BCUT2D eigenvalue weighted by Crippen LogP contribution is 2.25. The van der Waals surface area contributed by atoms with Crippen LogP contribution >= 0.6 is 11.3 Å². The SMILES string of the molecule is CN=C(NCc1nc(C)c(C)s1)NC1CCCC(C(=O)N(C)C)C1. The van der Waals surface area contributed by atoms with Crippen LogP contribution in [0.4, 0.5) is 0 Å². The van der Waals surface area contributed by atoms with Crippen molar-refractivity contribution in [2.75, 3.05) is 21.1 Å². The van der Waals surface area contributed by atoms with E-state index in [0.29, 0.717) is 12.6 Å². The van der Waals surface area contributed by atoms with Crippen LogP contribution in [-0.2, 0) is 11.3 Å². The molecule has 0 spiro atoms. The summed E-state index contributed by atoms with van der Waals surface area (Å²) >= 11 is 1.71. The molecule has 0 saturated heterocycles. The number of hydrogen-bond donors (Lipinski definition) is 2. The van der Waals surface area contributed by atoms with E-state index in [1.807, 2.05) is 21.0 Å². The van der Waals surface area contributed by atoms with Gasteiger partial charge in [-0.15, -0.1) is 11.3 Å². The summed E-state index contributed by atoms with van der Waals surface area (Å²) in [4.78, 5) is 24.0. The Morgan fingerprint density at radius 1 is 1.38 bits per heavy atom. The van der Waals surface area contributed by atoms with E-state index in [4.69, 9.17) is 0 Å². The average Bonchev–Trinajstić information content (AvgIpc) is 2.89. The van der Waals surface area contributed by atoms with Crippen molar-refractivity contribution in [2.24, 2.45) is 10.9 Å². The van der Waals surface area contributed by atoms with Gasteiger partial charge in [-0.1, -0.05) is 6.42 Å². The van der Waals surface area contributed by atoms with Gasteiger partial charge in [0.25, 0.3) is 0 Å². The molecule has 134 valence electrons. The Labute approximate surface area is 148 Å². The normalized spacial score (nSPS) is 21.5. The third-order valence-corrected chi connectivity index (χ3v) is 5.58. The number of nitrogens with one attached hydrogen (secondary N) is 2. The minimum absolute atomic E-state index is 0.119. The third-order valence-electron chi connectivity index (χ3n) is 4.51. The summed E-state index contributed by atoms with van der Waals surface area (Å²) in [6, 6.07) is 0.290. The van der Waals surface area contributed by atoms with Gasteiger partial charge in [0.1, 0.15) is 5.01 Å². The Kier molecular flexibility index (Phi) is 6.60. The predicted octanol–water partition coefficient (Wildman–Crippen LogP) is 2.07. The molecule has 0 aromatic carbocycles. The molecule has 2 N–H and O–H groups in total. The van der Waals surface area contributed by atoms with Crippen molar-refractivity contribution in [3.63, 3.8) is 0 Å². The van der Waals surface area contributed by atoms with Gasteiger partial charge >= 0.3 is 0 Å². The number of guanidine groups is 1. The third kappa shape index (κ3) is 4.93. The fraction of sp³-hybridized carbons (Fsp3) is 0.706. The molecule has 1 aromatic heterocycles. The zero-order valence-electron chi connectivity index (χ0n) is 15.3. The van der Waals surface area contributed by atoms with Crippen LogP contribution in [0.2, 0.25) is 0 Å². The summed E-state index contributed by atoms with van der Waals surface area (Å²) in [5, 5.41) is 7.86. The number of nitrogens with zero attached hydrogens (tertiary/aromatic N) is 3. The Hall–Kier alpha value is -1.63. The molecule has 0 aliphatic heterocycles. The van der Waals surface area contributed by atoms with E-state index in [1.165, 1.54) is 4.88 Å². The second-order valence-corrected chi connectivity index (χ2v) is 7.90. The molecule has 1 fully saturated rings. The van der Waals surface area contributed by atoms with E-state index in [9.17, 15) is 4.79 Å². The number of aliphatic imine (C=N–C) groups is 1. The minimum atomic E-state index is 0.119. The molecule has 0 bridgehead atoms. The van der Waals surface area contributed by atoms with Gasteiger partial charge in [0, 0.05) is 38.0 Å². The van der Waals surface area contributed by atoms with Crippen molar-refractivity contribution in [2.45, 2.75) is 52.1 Å². The molecule has 1 aliphatic rings. The lowest BCUT2D eigenvalue weighted by Crippen LogP contribution is -2.46. The number of aryl methyl sites for hydroxylation is 2. The molecule has 2 unspecified atom stereocenters. The minimum Gasteiger partial charge on any atom is -0.354 e. The van der Waals surface area contributed by atoms with Gasteiger partial charge < -0.3 is 15.5 Å². The van der Waals surface area contributed by atoms with Crippen LogP contribution in [-0.4, -0.2) is 48.9 Å². The molecule has 2 atom stereocenters. The standard InChI is InChI=1S/C17H29N5OS/c1-11-12(2)24-15(20-11)10-19-17(18-3)21-14-8-6-7-13(9-14)16(23)22(4)5/h13-14H,6-10H2,1-5H3,(H2,18,19,21). The highest BCUT2D eigenvalue weighted by molar-refractivity contribution is 7.11. The Morgan fingerprint density at radius 2 is 2.12 bits per heavy atom. The van der Waals surface area contributed by atoms with Crippen molar-refractivity contribution >= 4 is 23.2 Å². The van der Waals surface area contributed by atoms with Crippen LogP contribution in [0.3, 0.4) is 0 Å². The molecule has 1 aromatic rings. The fourth-order valence-corrected chi connectivity index (χ4v) is 3.95. The molecule has 7 heteroatoms. The molecular formula is C17H29N5OS. The van der Waals surface area contributed by atoms with E-state index in [1.54, 1.807) is 23.3 Å². The first kappa shape index (κ1) is 18.7. The first-order chi connectivity index (χ1) is 11.4. The molecule has 6 nitrogen and oxygen atoms in total. The van der Waals surface area contributed by atoms with Crippen LogP contribution in [0.15, 0.2) is 4.99 Å². The summed E-state index contributed by atoms with van der Waals surface area (Å²) in [6.07, 6.45) is 4.00. The second kappa shape index (κ2) is 8.46. The zero-order chi connectivity index (χ0) is 17.7. The van der Waals surface area contributed by atoms with Gasteiger partial charge in [-0.05, 0) is 33.1 Å². The van der Waals surface area contributed by atoms with Crippen LogP contribution in [0.5, 0.6) is 0 Å². The topological polar surface area (TPSA) is 69.6 Å². The van der Waals surface area contributed by atoms with Crippen LogP contribution in [0, 0.1) is 19.8 Å². The lowest BCUT2D eigenvalue weighted by molar-refractivity contribution is -0.134. The smallest absolute Gasteiger partial charge is 0.225 e. The molecule has 1 amide bonds. The van der Waals surface area contributed by atoms with E-state index in [2.05, 4.69) is 27.5 Å². The number of aromatic nitrogens is 1. The number of carbonyl (C=O) groups excluding carboxylic acids is 1. The van der Waals surface area contributed by atoms with Crippen LogP contribution in [0.25, 0.3) is 0 Å². The lowest BCUT2D eigenvalue weighted by Gasteiger charge is -2.31. The number of rotatable bonds is 4. The first-order valence-corrected chi connectivity index (χ1v) is 9.33. The van der Waals surface area contributed by atoms with E-state index in [0.717, 1.165) is 42.3 Å². The Morgan fingerprint density at radius 3 is 2.71 bits per heavy atom. The van der Waals surface area contributed by atoms with Gasteiger partial charge in [-0.3, -0.25) is 9.79 Å². The van der Waals surface area contributed by atoms with Crippen LogP contribution in [0.1, 0.15) is 41.3 Å². The number of amides is 1. The number of hydrogen-bond acceptors (Lipinski definition) is 4. The molecular weight excluding hydrogens is 322 g/mol. The van der Waals surface area contributed by atoms with Crippen molar-refractivity contribution in [3.8, 4) is 0 Å². The van der Waals surface area contributed by atoms with Gasteiger partial charge in [0.15, 0.2) is 5.96 Å². The van der Waals surface area contributed by atoms with Crippen molar-refractivity contribution in [1.82, 2.24) is 20.5 Å². The highest BCUT2D eigenvalue weighted by atomic mass is 32.1. The van der Waals surface area contributed by atoms with Gasteiger partial charge in [-0.2, -0.15) is 0 Å². The average molecular weight is 352 g/mol. The fourth-order valence-electron chi connectivity index (χ4n) is 3.07. The zero-order valence-corrected chi connectivity index (χ0v) is 16.2. The maximum absolute atomic E-state index is 12.2. The first-order valence-electron chi connectivity index (χ1n) is 8.52. The summed E-state index contributed by atoms with van der Waals surface area (Å²) in [7, 11) is 5.44. The van der Waals surface area contributed by atoms with Gasteiger partial charge in [0.2, 0.25) is 5.91 Å². The van der Waals surface area contributed by atoms with Crippen LogP contribution < -0.4 is 10.6 Å². The second-order valence-electron chi connectivity index (χ2n) is 6.61. The monoisotopic (exact) mass is 351 g/mol. The van der Waals surface area contributed by atoms with Gasteiger partial charge in [0.05, 0.1) is 12.2 Å². The number of thiazole rings is 1. The highest BCUT2D eigenvalue weighted by Gasteiger charge is 2.28. The van der Waals surface area contributed by atoms with Crippen molar-refractivity contribution < 1.29 is 4.79 Å². The predicted molar refractivity (Wildman–Crippen MR) is 99.4 cm³/mol. The van der Waals surface area contributed by atoms with Crippen molar-refractivity contribution in [1.29, 1.82) is 0 Å². The summed E-state index contributed by atoms with van der Waals surface area (Å²) in [6.45, 7) is 4.80. The lowest BCUT2D eigenvalue weighted by atomic mass is 9.85. The Bertz CT molecular complexity index is 576. The molecule has 1 heterocycles. The quantitative estimate of drug-likeness (QED) is 0.644. The summed E-state index contributed by atoms with van der Waals surface area (Å²) in [5.74, 6) is 1.13. The van der Waals surface area contributed by atoms with Gasteiger partial charge in [-0.25, -0.2) is 4.98 Å². The maximum atomic E-state index is 12.2. The molecule has 0 radical (unpaired) electrons. The Balaban J connectivity index is 1.86. The summed E-state index contributed by atoms with van der Waals surface area (Å²) < 4.78 is 0. The van der Waals surface area contributed by atoms with E-state index < -0.39 is 0 Å². The molecule has 2 rings (SSSR count). The number of carbonyl (C=O) groups is 1. The van der Waals surface area contributed by atoms with Crippen molar-refractivity contribution in [3.05, 3.63) is 15.6 Å². The molecule has 1 aliphatic carbocycles. The summed E-state index contributed by atoms with van der Waals surface area (Å²) in [5.41, 5.74) is 1.09. The molecule has 1 saturated carbocycles. The largest absolute Gasteiger partial charge is 0.354 e.